The first-order valence-electron chi connectivity index (χ1n) is 10.8. The molecule has 1 aromatic carbocycles. The van der Waals surface area contributed by atoms with Gasteiger partial charge in [-0.3, -0.25) is 19.2 Å². The van der Waals surface area contributed by atoms with E-state index >= 15 is 0 Å². The highest BCUT2D eigenvalue weighted by Gasteiger charge is 2.32. The minimum Gasteiger partial charge on any atom is -0.480 e. The molecule has 12 heteroatoms. The van der Waals surface area contributed by atoms with Gasteiger partial charge in [-0.1, -0.05) is 50.6 Å². The summed E-state index contributed by atoms with van der Waals surface area (Å²) in [6, 6.07) is 4.00. The maximum absolute atomic E-state index is 13.0. The number of hydrogen-bond acceptors (Lipinski definition) is 7. The van der Waals surface area contributed by atoms with Crippen molar-refractivity contribution < 1.29 is 29.1 Å². The molecule has 0 fully saturated rings. The minimum atomic E-state index is -1.38. The summed E-state index contributed by atoms with van der Waals surface area (Å²) < 4.78 is 0. The zero-order valence-corrected chi connectivity index (χ0v) is 20.1. The number of rotatable bonds is 14. The summed E-state index contributed by atoms with van der Waals surface area (Å²) in [4.78, 5) is 61.3. The molecule has 1 rings (SSSR count). The lowest BCUT2D eigenvalue weighted by Crippen LogP contribution is -2.58. The third-order valence-corrected chi connectivity index (χ3v) is 5.66. The molecule has 0 heterocycles. The van der Waals surface area contributed by atoms with Crippen molar-refractivity contribution in [2.24, 2.45) is 17.4 Å². The first kappa shape index (κ1) is 28.9. The molecule has 0 aliphatic carbocycles. The number of nitrogens with two attached hydrogens (primary N) is 2. The number of carboxylic acids is 1. The zero-order chi connectivity index (χ0) is 25.8. The first-order valence-corrected chi connectivity index (χ1v) is 11.5. The van der Waals surface area contributed by atoms with Gasteiger partial charge in [0.15, 0.2) is 0 Å². The third-order valence-electron chi connectivity index (χ3n) is 5.26. The fourth-order valence-corrected chi connectivity index (χ4v) is 3.21. The van der Waals surface area contributed by atoms with Gasteiger partial charge in [-0.2, -0.15) is 12.6 Å². The van der Waals surface area contributed by atoms with Gasteiger partial charge in [-0.25, -0.2) is 4.79 Å². The van der Waals surface area contributed by atoms with Gasteiger partial charge < -0.3 is 32.5 Å². The Morgan fingerprint density at radius 2 is 1.53 bits per heavy atom. The van der Waals surface area contributed by atoms with Gasteiger partial charge in [0.1, 0.15) is 18.1 Å². The zero-order valence-electron chi connectivity index (χ0n) is 19.2. The standard InChI is InChI=1S/C22H33N5O6S/c1-3-12(2)18(22(32)33)27-21(31)15(9-13-7-5-4-6-8-13)26-20(30)16(10-17(24)28)25-19(29)14(23)11-34/h4-8,12,14-16,18,34H,3,9-11,23H2,1-2H3,(H2,24,28)(H,25,29)(H,26,30)(H,27,31)(H,32,33). The molecule has 0 saturated heterocycles. The Morgan fingerprint density at radius 1 is 0.971 bits per heavy atom. The van der Waals surface area contributed by atoms with E-state index in [1.54, 1.807) is 44.2 Å². The molecule has 0 aliphatic rings. The topological polar surface area (TPSA) is 194 Å². The summed E-state index contributed by atoms with van der Waals surface area (Å²) in [6.07, 6.45) is 0.0187. The van der Waals surface area contributed by atoms with E-state index in [1.807, 2.05) is 0 Å². The number of nitrogens with one attached hydrogen (secondary N) is 3. The van der Waals surface area contributed by atoms with Crippen LogP contribution >= 0.6 is 12.6 Å². The van der Waals surface area contributed by atoms with E-state index in [4.69, 9.17) is 11.5 Å². The highest BCUT2D eigenvalue weighted by molar-refractivity contribution is 7.80. The van der Waals surface area contributed by atoms with Crippen molar-refractivity contribution in [1.29, 1.82) is 0 Å². The minimum absolute atomic E-state index is 0.00196. The molecule has 0 aliphatic heterocycles. The molecule has 1 aromatic rings. The van der Waals surface area contributed by atoms with Crippen LogP contribution in [-0.4, -0.2) is 64.6 Å². The summed E-state index contributed by atoms with van der Waals surface area (Å²) >= 11 is 3.93. The lowest BCUT2D eigenvalue weighted by atomic mass is 9.98. The Kier molecular flexibility index (Phi) is 12.1. The summed E-state index contributed by atoms with van der Waals surface area (Å²) in [7, 11) is 0. The predicted molar refractivity (Wildman–Crippen MR) is 129 cm³/mol. The van der Waals surface area contributed by atoms with Crippen LogP contribution in [0, 0.1) is 5.92 Å². The molecule has 0 bridgehead atoms. The number of benzene rings is 1. The maximum atomic E-state index is 13.0. The van der Waals surface area contributed by atoms with Gasteiger partial charge in [0, 0.05) is 12.2 Å². The first-order chi connectivity index (χ1) is 16.0. The van der Waals surface area contributed by atoms with Gasteiger partial charge in [0.2, 0.25) is 23.6 Å². The average Bonchev–Trinajstić information content (AvgIpc) is 2.80. The summed E-state index contributed by atoms with van der Waals surface area (Å²) in [5, 5.41) is 16.8. The number of thiol groups is 1. The van der Waals surface area contributed by atoms with Crippen LogP contribution in [0.1, 0.15) is 32.3 Å². The van der Waals surface area contributed by atoms with Crippen LogP contribution in [0.3, 0.4) is 0 Å². The van der Waals surface area contributed by atoms with Gasteiger partial charge in [0.25, 0.3) is 0 Å². The molecule has 34 heavy (non-hydrogen) atoms. The van der Waals surface area contributed by atoms with Crippen molar-refractivity contribution in [3.8, 4) is 0 Å². The van der Waals surface area contributed by atoms with E-state index in [2.05, 4.69) is 28.6 Å². The SMILES string of the molecule is CCC(C)C(NC(=O)C(Cc1ccccc1)NC(=O)C(CC(N)=O)NC(=O)C(N)CS)C(=O)O. The average molecular weight is 496 g/mol. The van der Waals surface area contributed by atoms with Gasteiger partial charge >= 0.3 is 5.97 Å². The number of amides is 4. The number of carbonyl (C=O) groups excluding carboxylic acids is 4. The van der Waals surface area contributed by atoms with E-state index in [-0.39, 0.29) is 18.1 Å². The molecule has 0 radical (unpaired) electrons. The lowest BCUT2D eigenvalue weighted by molar-refractivity contribution is -0.144. The molecule has 0 saturated carbocycles. The molecular weight excluding hydrogens is 462 g/mol. The summed E-state index contributed by atoms with van der Waals surface area (Å²) in [5.41, 5.74) is 11.5. The Balaban J connectivity index is 3.15. The van der Waals surface area contributed by atoms with Crippen molar-refractivity contribution in [3.05, 3.63) is 35.9 Å². The predicted octanol–water partition coefficient (Wildman–Crippen LogP) is -1.05. The highest BCUT2D eigenvalue weighted by Crippen LogP contribution is 2.10. The Hall–Kier alpha value is -3.12. The monoisotopic (exact) mass is 495 g/mol. The maximum Gasteiger partial charge on any atom is 0.326 e. The molecule has 188 valence electrons. The van der Waals surface area contributed by atoms with Gasteiger partial charge in [-0.15, -0.1) is 0 Å². The molecule has 8 N–H and O–H groups in total. The quantitative estimate of drug-likeness (QED) is 0.160. The van der Waals surface area contributed by atoms with Crippen LogP contribution in [0.4, 0.5) is 0 Å². The van der Waals surface area contributed by atoms with Crippen LogP contribution in [0.5, 0.6) is 0 Å². The molecule has 5 atom stereocenters. The van der Waals surface area contributed by atoms with Crippen LogP contribution in [0.15, 0.2) is 30.3 Å². The van der Waals surface area contributed by atoms with E-state index < -0.39 is 60.2 Å². The fourth-order valence-electron chi connectivity index (χ4n) is 3.04. The molecule has 0 aromatic heterocycles. The van der Waals surface area contributed by atoms with Crippen molar-refractivity contribution in [2.45, 2.75) is 57.3 Å². The third kappa shape index (κ3) is 9.40. The van der Waals surface area contributed by atoms with E-state index in [1.165, 1.54) is 0 Å². The second-order valence-corrected chi connectivity index (χ2v) is 8.35. The van der Waals surface area contributed by atoms with Crippen LogP contribution in [0.2, 0.25) is 0 Å². The van der Waals surface area contributed by atoms with Crippen molar-refractivity contribution in [3.63, 3.8) is 0 Å². The molecule has 11 nitrogen and oxygen atoms in total. The number of carboxylic acid groups (broad SMARTS) is 1. The lowest BCUT2D eigenvalue weighted by Gasteiger charge is -2.26. The largest absolute Gasteiger partial charge is 0.480 e. The molecular formula is C22H33N5O6S. The smallest absolute Gasteiger partial charge is 0.326 e. The number of aliphatic carboxylic acids is 1. The van der Waals surface area contributed by atoms with E-state index in [0.717, 1.165) is 0 Å². The number of carbonyl (C=O) groups is 5. The Bertz CT molecular complexity index is 869. The van der Waals surface area contributed by atoms with Gasteiger partial charge in [-0.05, 0) is 11.5 Å². The van der Waals surface area contributed by atoms with Crippen molar-refractivity contribution in [2.75, 3.05) is 5.75 Å². The van der Waals surface area contributed by atoms with Crippen LogP contribution in [0.25, 0.3) is 0 Å². The van der Waals surface area contributed by atoms with Crippen LogP contribution < -0.4 is 27.4 Å². The number of primary amides is 1. The van der Waals surface area contributed by atoms with Crippen molar-refractivity contribution in [1.82, 2.24) is 16.0 Å². The molecule has 5 unspecified atom stereocenters. The highest BCUT2D eigenvalue weighted by atomic mass is 32.1. The fraction of sp³-hybridized carbons (Fsp3) is 0.500. The van der Waals surface area contributed by atoms with Gasteiger partial charge in [0.05, 0.1) is 12.5 Å². The Morgan fingerprint density at radius 3 is 2.03 bits per heavy atom. The van der Waals surface area contributed by atoms with Crippen molar-refractivity contribution >= 4 is 42.2 Å². The number of hydrogen-bond donors (Lipinski definition) is 7. The molecule has 0 spiro atoms. The second-order valence-electron chi connectivity index (χ2n) is 7.98. The van der Waals surface area contributed by atoms with E-state index in [0.29, 0.717) is 12.0 Å². The summed E-state index contributed by atoms with van der Waals surface area (Å²) in [5.74, 6) is -4.70. The second kappa shape index (κ2) is 14.2. The Labute approximate surface area is 203 Å². The van der Waals surface area contributed by atoms with Crippen LogP contribution in [-0.2, 0) is 30.4 Å². The normalized spacial score (nSPS) is 15.2. The molecule has 4 amide bonds. The summed E-state index contributed by atoms with van der Waals surface area (Å²) in [6.45, 7) is 3.48. The van der Waals surface area contributed by atoms with E-state index in [9.17, 15) is 29.1 Å².